The molecule has 5 rings (SSSR count). The molecule has 0 aromatic heterocycles. The van der Waals surface area contributed by atoms with Crippen LogP contribution in [0.2, 0.25) is 0 Å². The predicted octanol–water partition coefficient (Wildman–Crippen LogP) is 5.70. The zero-order chi connectivity index (χ0) is 24.9. The summed E-state index contributed by atoms with van der Waals surface area (Å²) in [5, 5.41) is 21.3. The molecule has 4 heteroatoms. The van der Waals surface area contributed by atoms with E-state index in [1.54, 1.807) is 19.4 Å². The zero-order valence-electron chi connectivity index (χ0n) is 22.6. The number of fused-ring (bicyclic) bond motifs is 5. The molecule has 5 aliphatic rings. The van der Waals surface area contributed by atoms with Crippen molar-refractivity contribution in [1.29, 1.82) is 0 Å². The van der Waals surface area contributed by atoms with Gasteiger partial charge in [-0.15, -0.1) is 0 Å². The fourth-order valence-corrected chi connectivity index (χ4v) is 10.1. The Balaban J connectivity index is 1.43. The fraction of sp³-hybridized carbons (Fsp3) is 0.900. The van der Waals surface area contributed by atoms with Gasteiger partial charge >= 0.3 is 0 Å². The minimum absolute atomic E-state index is 0.179. The lowest BCUT2D eigenvalue weighted by molar-refractivity contribution is -0.187. The van der Waals surface area contributed by atoms with Crippen molar-refractivity contribution >= 4 is 5.78 Å². The van der Waals surface area contributed by atoms with Gasteiger partial charge in [0.2, 0.25) is 0 Å². The highest BCUT2D eigenvalue weighted by molar-refractivity contribution is 5.85. The molecule has 9 atom stereocenters. The van der Waals surface area contributed by atoms with E-state index in [1.807, 2.05) is 0 Å². The van der Waals surface area contributed by atoms with Crippen molar-refractivity contribution in [2.45, 2.75) is 118 Å². The second-order valence-electron chi connectivity index (χ2n) is 14.6. The number of hydrogen-bond acceptors (Lipinski definition) is 4. The van der Waals surface area contributed by atoms with Gasteiger partial charge in [-0.1, -0.05) is 46.3 Å². The molecule has 192 valence electrons. The first kappa shape index (κ1) is 25.0. The lowest BCUT2D eigenvalue weighted by Crippen LogP contribution is -2.58. The molecule has 2 N–H and O–H groups in total. The monoisotopic (exact) mass is 472 g/mol. The quantitative estimate of drug-likeness (QED) is 0.506. The minimum atomic E-state index is -1.02. The van der Waals surface area contributed by atoms with Crippen LogP contribution in [0.4, 0.5) is 0 Å². The number of ether oxygens (including phenoxy) is 1. The van der Waals surface area contributed by atoms with E-state index >= 15 is 0 Å². The average Bonchev–Trinajstić information content (AvgIpc) is 3.02. The lowest BCUT2D eigenvalue weighted by Gasteiger charge is -2.63. The van der Waals surface area contributed by atoms with Crippen molar-refractivity contribution in [3.8, 4) is 0 Å². The summed E-state index contributed by atoms with van der Waals surface area (Å²) in [6, 6.07) is 0. The third-order valence-electron chi connectivity index (χ3n) is 12.3. The largest absolute Gasteiger partial charge is 0.390 e. The number of aliphatic hydroxyl groups is 2. The maximum Gasteiger partial charge on any atom is 0.138 e. The third-order valence-corrected chi connectivity index (χ3v) is 12.3. The second-order valence-corrected chi connectivity index (χ2v) is 14.6. The van der Waals surface area contributed by atoms with E-state index in [2.05, 4.69) is 40.7 Å². The summed E-state index contributed by atoms with van der Waals surface area (Å²) in [5.41, 5.74) is 1.05. The highest BCUT2D eigenvalue weighted by atomic mass is 16.5. The number of hydrogen-bond donors (Lipinski definition) is 2. The lowest BCUT2D eigenvalue weighted by atomic mass is 9.41. The minimum Gasteiger partial charge on any atom is -0.390 e. The average molecular weight is 473 g/mol. The van der Waals surface area contributed by atoms with Crippen LogP contribution in [-0.4, -0.2) is 40.4 Å². The van der Waals surface area contributed by atoms with Crippen LogP contribution in [0.3, 0.4) is 0 Å². The van der Waals surface area contributed by atoms with Gasteiger partial charge in [0, 0.05) is 11.8 Å². The Morgan fingerprint density at radius 1 is 1.06 bits per heavy atom. The zero-order valence-corrected chi connectivity index (χ0v) is 22.6. The summed E-state index contributed by atoms with van der Waals surface area (Å²) in [6.07, 6.45) is 9.84. The van der Waals surface area contributed by atoms with Gasteiger partial charge in [0.15, 0.2) is 0 Å². The van der Waals surface area contributed by atoms with Gasteiger partial charge < -0.3 is 14.9 Å². The van der Waals surface area contributed by atoms with E-state index in [0.29, 0.717) is 36.1 Å². The van der Waals surface area contributed by atoms with E-state index in [4.69, 9.17) is 4.74 Å². The first-order chi connectivity index (χ1) is 15.7. The van der Waals surface area contributed by atoms with Crippen molar-refractivity contribution in [2.24, 2.45) is 45.3 Å². The van der Waals surface area contributed by atoms with Gasteiger partial charge in [0.05, 0.1) is 18.3 Å². The molecule has 0 aromatic rings. The first-order valence-corrected chi connectivity index (χ1v) is 13.9. The molecule has 0 bridgehead atoms. The van der Waals surface area contributed by atoms with E-state index in [1.165, 1.54) is 25.7 Å². The Morgan fingerprint density at radius 3 is 2.41 bits per heavy atom. The molecule has 3 saturated carbocycles. The number of allylic oxidation sites excluding steroid dienone is 2. The molecule has 0 radical (unpaired) electrons. The van der Waals surface area contributed by atoms with E-state index in [-0.39, 0.29) is 21.7 Å². The van der Waals surface area contributed by atoms with Crippen molar-refractivity contribution < 1.29 is 19.7 Å². The van der Waals surface area contributed by atoms with Crippen LogP contribution in [0.1, 0.15) is 99.8 Å². The Hall–Kier alpha value is -0.710. The highest BCUT2D eigenvalue weighted by Gasteiger charge is 2.66. The predicted molar refractivity (Wildman–Crippen MR) is 134 cm³/mol. The number of aliphatic hydroxyl groups excluding tert-OH is 1. The van der Waals surface area contributed by atoms with Crippen LogP contribution < -0.4 is 0 Å². The number of rotatable bonds is 2. The van der Waals surface area contributed by atoms with E-state index in [9.17, 15) is 15.0 Å². The van der Waals surface area contributed by atoms with Crippen molar-refractivity contribution in [2.75, 3.05) is 6.61 Å². The van der Waals surface area contributed by atoms with Crippen LogP contribution in [0.25, 0.3) is 0 Å². The Kier molecular flexibility index (Phi) is 5.62. The molecule has 2 unspecified atom stereocenters. The van der Waals surface area contributed by atoms with Gasteiger partial charge in [-0.05, 0) is 98.7 Å². The third kappa shape index (κ3) is 3.23. The maximum absolute atomic E-state index is 12.8. The number of carbonyl (C=O) groups is 1. The van der Waals surface area contributed by atoms with Crippen LogP contribution in [0, 0.1) is 45.3 Å². The van der Waals surface area contributed by atoms with Crippen molar-refractivity contribution in [3.05, 3.63) is 11.6 Å². The molecule has 4 nitrogen and oxygen atoms in total. The van der Waals surface area contributed by atoms with Crippen LogP contribution in [0.15, 0.2) is 11.6 Å². The van der Waals surface area contributed by atoms with Gasteiger partial charge in [-0.3, -0.25) is 4.79 Å². The molecular weight excluding hydrogens is 424 g/mol. The molecule has 4 aliphatic carbocycles. The molecule has 1 heterocycles. The summed E-state index contributed by atoms with van der Waals surface area (Å²) in [6.45, 7) is 16.1. The summed E-state index contributed by atoms with van der Waals surface area (Å²) in [7, 11) is 0. The van der Waals surface area contributed by atoms with Gasteiger partial charge in [0.25, 0.3) is 0 Å². The summed E-state index contributed by atoms with van der Waals surface area (Å²) in [5.74, 6) is 2.37. The number of ketones is 1. The molecule has 0 amide bonds. The molecular formula is C30H48O4. The van der Waals surface area contributed by atoms with Crippen LogP contribution in [0.5, 0.6) is 0 Å². The van der Waals surface area contributed by atoms with Crippen LogP contribution >= 0.6 is 0 Å². The van der Waals surface area contributed by atoms with Crippen molar-refractivity contribution in [3.63, 3.8) is 0 Å². The van der Waals surface area contributed by atoms with Gasteiger partial charge in [-0.2, -0.15) is 0 Å². The van der Waals surface area contributed by atoms with E-state index in [0.717, 1.165) is 25.7 Å². The molecule has 0 aromatic carbocycles. The smallest absolute Gasteiger partial charge is 0.138 e. The summed E-state index contributed by atoms with van der Waals surface area (Å²) < 4.78 is 6.12. The molecule has 4 fully saturated rings. The Labute approximate surface area is 206 Å². The van der Waals surface area contributed by atoms with E-state index < -0.39 is 17.8 Å². The van der Waals surface area contributed by atoms with Crippen molar-refractivity contribution in [1.82, 2.24) is 0 Å². The summed E-state index contributed by atoms with van der Waals surface area (Å²) in [4.78, 5) is 12.8. The number of carbonyl (C=O) groups excluding carboxylic acids is 1. The maximum atomic E-state index is 12.8. The Morgan fingerprint density at radius 2 is 1.76 bits per heavy atom. The molecule has 1 saturated heterocycles. The van der Waals surface area contributed by atoms with Crippen LogP contribution in [-0.2, 0) is 9.53 Å². The highest BCUT2D eigenvalue weighted by Crippen LogP contribution is 2.73. The molecule has 1 aliphatic heterocycles. The second kappa shape index (κ2) is 7.65. The first-order valence-electron chi connectivity index (χ1n) is 13.9. The standard InChI is InChI=1S/C30H48O4/c1-26(2)23-9-8-21-20(28(23,5)13-12-24(26)32)11-15-29(6)19(10-14-30(21,29)7)18-16-22(31)25(34-17-18)27(3,4)33/h8,18-20,22-23,25,31,33H,9-17H2,1-7H3/t18-,19+,20+,22?,23+,25?,28-,29+,30-/m1/s1. The van der Waals surface area contributed by atoms with Gasteiger partial charge in [0.1, 0.15) is 11.9 Å². The number of Topliss-reactive ketones (excluding diaryl/α,β-unsaturated/α-hetero) is 1. The molecule has 0 spiro atoms. The fourth-order valence-electron chi connectivity index (χ4n) is 10.1. The SMILES string of the molecule is CC(C)(O)C1OC[C@H]([C@@H]2CC[C@]3(C)C4=CC[C@H]5C(C)(C)C(=O)CC[C@]5(C)[C@H]4CC[C@@]23C)CC1O. The normalized spacial score (nSPS) is 50.7. The topological polar surface area (TPSA) is 66.8 Å². The molecule has 34 heavy (non-hydrogen) atoms. The van der Waals surface area contributed by atoms with Gasteiger partial charge in [-0.25, -0.2) is 0 Å². The Bertz CT molecular complexity index is 883. The summed E-state index contributed by atoms with van der Waals surface area (Å²) >= 11 is 0.